The largest absolute Gasteiger partial charge is 0.378 e. The van der Waals surface area contributed by atoms with Crippen molar-refractivity contribution in [3.63, 3.8) is 0 Å². The summed E-state index contributed by atoms with van der Waals surface area (Å²) in [4.78, 5) is 2.08. The summed E-state index contributed by atoms with van der Waals surface area (Å²) in [6.07, 6.45) is 0. The molecule has 0 amide bonds. The Morgan fingerprint density at radius 3 is 2.38 bits per heavy atom. The zero-order chi connectivity index (χ0) is 11.5. The van der Waals surface area contributed by atoms with Crippen LogP contribution in [0.2, 0.25) is 0 Å². The molecule has 3 heteroatoms. The van der Waals surface area contributed by atoms with Crippen LogP contribution >= 0.6 is 11.5 Å². The van der Waals surface area contributed by atoms with Crippen molar-refractivity contribution < 1.29 is 0 Å². The molecule has 1 aromatic heterocycles. The van der Waals surface area contributed by atoms with E-state index in [4.69, 9.17) is 0 Å². The highest BCUT2D eigenvalue weighted by molar-refractivity contribution is 7.03. The second-order valence-corrected chi connectivity index (χ2v) is 4.47. The number of hydrogen-bond donors (Lipinski definition) is 0. The minimum Gasteiger partial charge on any atom is -0.378 e. The lowest BCUT2D eigenvalue weighted by atomic mass is 10.0. The van der Waals surface area contributed by atoms with Gasteiger partial charge in [-0.1, -0.05) is 18.7 Å². The Labute approximate surface area is 100 Å². The molecular formula is C13H14N2S. The van der Waals surface area contributed by atoms with E-state index in [2.05, 4.69) is 40.1 Å². The Kier molecular flexibility index (Phi) is 3.06. The predicted molar refractivity (Wildman–Crippen MR) is 71.0 cm³/mol. The molecular weight excluding hydrogens is 216 g/mol. The van der Waals surface area contributed by atoms with Gasteiger partial charge in [0.2, 0.25) is 0 Å². The Morgan fingerprint density at radius 2 is 1.88 bits per heavy atom. The number of anilines is 1. The first-order valence-corrected chi connectivity index (χ1v) is 5.89. The molecule has 0 saturated carbocycles. The van der Waals surface area contributed by atoms with Crippen LogP contribution in [0.5, 0.6) is 0 Å². The van der Waals surface area contributed by atoms with Gasteiger partial charge in [0.1, 0.15) is 0 Å². The zero-order valence-electron chi connectivity index (χ0n) is 9.47. The minimum absolute atomic E-state index is 0.961. The van der Waals surface area contributed by atoms with E-state index in [9.17, 15) is 0 Å². The highest BCUT2D eigenvalue weighted by Crippen LogP contribution is 2.23. The summed E-state index contributed by atoms with van der Waals surface area (Å²) >= 11 is 1.45. The summed E-state index contributed by atoms with van der Waals surface area (Å²) in [6.45, 7) is 4.07. The Morgan fingerprint density at radius 1 is 1.19 bits per heavy atom. The molecule has 1 aromatic carbocycles. The van der Waals surface area contributed by atoms with E-state index in [1.807, 2.05) is 25.5 Å². The molecule has 0 unspecified atom stereocenters. The Bertz CT molecular complexity index is 469. The van der Waals surface area contributed by atoms with Crippen LogP contribution in [0.15, 0.2) is 42.3 Å². The standard InChI is InChI=1S/C13H14N2S/c1-10(13-8-9-16-14-13)11-4-6-12(7-5-11)15(2)3/h4-9H,1H2,2-3H3. The van der Waals surface area contributed by atoms with Gasteiger partial charge in [0.05, 0.1) is 5.69 Å². The molecule has 2 aromatic rings. The van der Waals surface area contributed by atoms with E-state index in [0.717, 1.165) is 16.8 Å². The van der Waals surface area contributed by atoms with E-state index < -0.39 is 0 Å². The maximum absolute atomic E-state index is 4.28. The third-order valence-electron chi connectivity index (χ3n) is 2.48. The van der Waals surface area contributed by atoms with Gasteiger partial charge in [-0.05, 0) is 35.3 Å². The first-order valence-electron chi connectivity index (χ1n) is 5.06. The molecule has 1 heterocycles. The van der Waals surface area contributed by atoms with Crippen LogP contribution in [0, 0.1) is 0 Å². The van der Waals surface area contributed by atoms with Gasteiger partial charge in [-0.2, -0.15) is 4.37 Å². The smallest absolute Gasteiger partial charge is 0.0840 e. The van der Waals surface area contributed by atoms with Gasteiger partial charge in [0.25, 0.3) is 0 Å². The maximum atomic E-state index is 4.28. The molecule has 0 bridgehead atoms. The molecule has 0 N–H and O–H groups in total. The maximum Gasteiger partial charge on any atom is 0.0840 e. The average Bonchev–Trinajstić information content (AvgIpc) is 2.81. The number of aromatic nitrogens is 1. The van der Waals surface area contributed by atoms with Crippen molar-refractivity contribution >= 4 is 22.8 Å². The van der Waals surface area contributed by atoms with Crippen LogP contribution in [-0.2, 0) is 0 Å². The molecule has 2 rings (SSSR count). The van der Waals surface area contributed by atoms with E-state index in [1.165, 1.54) is 17.2 Å². The van der Waals surface area contributed by atoms with Crippen molar-refractivity contribution in [3.8, 4) is 0 Å². The van der Waals surface area contributed by atoms with Gasteiger partial charge in [-0.15, -0.1) is 0 Å². The minimum atomic E-state index is 0.961. The third-order valence-corrected chi connectivity index (χ3v) is 3.04. The number of rotatable bonds is 3. The van der Waals surface area contributed by atoms with Gasteiger partial charge in [-0.3, -0.25) is 0 Å². The topological polar surface area (TPSA) is 16.1 Å². The van der Waals surface area contributed by atoms with Gasteiger partial charge >= 0.3 is 0 Å². The third kappa shape index (κ3) is 2.14. The molecule has 0 fully saturated rings. The van der Waals surface area contributed by atoms with Crippen molar-refractivity contribution in [1.29, 1.82) is 0 Å². The molecule has 0 saturated heterocycles. The second-order valence-electron chi connectivity index (χ2n) is 3.80. The summed E-state index contributed by atoms with van der Waals surface area (Å²) in [5.74, 6) is 0. The summed E-state index contributed by atoms with van der Waals surface area (Å²) in [5.41, 5.74) is 4.25. The fourth-order valence-corrected chi connectivity index (χ4v) is 2.01. The van der Waals surface area contributed by atoms with Crippen LogP contribution < -0.4 is 4.90 Å². The molecule has 0 radical (unpaired) electrons. The molecule has 16 heavy (non-hydrogen) atoms. The van der Waals surface area contributed by atoms with Crippen LogP contribution in [0.25, 0.3) is 5.57 Å². The Balaban J connectivity index is 2.25. The first kappa shape index (κ1) is 10.9. The zero-order valence-corrected chi connectivity index (χ0v) is 10.3. The molecule has 0 aliphatic rings. The van der Waals surface area contributed by atoms with Gasteiger partial charge in [0, 0.05) is 30.7 Å². The van der Waals surface area contributed by atoms with Crippen molar-refractivity contribution in [2.24, 2.45) is 0 Å². The summed E-state index contributed by atoms with van der Waals surface area (Å²) in [6, 6.07) is 10.3. The quantitative estimate of drug-likeness (QED) is 0.804. The van der Waals surface area contributed by atoms with Gasteiger partial charge in [-0.25, -0.2) is 0 Å². The van der Waals surface area contributed by atoms with Crippen LogP contribution in [-0.4, -0.2) is 18.5 Å². The fourth-order valence-electron chi connectivity index (χ4n) is 1.48. The molecule has 2 nitrogen and oxygen atoms in total. The highest BCUT2D eigenvalue weighted by Gasteiger charge is 2.04. The predicted octanol–water partition coefficient (Wildman–Crippen LogP) is 3.27. The molecule has 0 atom stereocenters. The lowest BCUT2D eigenvalue weighted by Crippen LogP contribution is -2.08. The number of benzene rings is 1. The number of hydrogen-bond acceptors (Lipinski definition) is 3. The monoisotopic (exact) mass is 230 g/mol. The van der Waals surface area contributed by atoms with E-state index in [0.29, 0.717) is 0 Å². The fraction of sp³-hybridized carbons (Fsp3) is 0.154. The van der Waals surface area contributed by atoms with Crippen molar-refractivity contribution in [2.45, 2.75) is 0 Å². The van der Waals surface area contributed by atoms with Crippen LogP contribution in [0.1, 0.15) is 11.3 Å². The SMILES string of the molecule is C=C(c1ccc(N(C)C)cc1)c1ccsn1. The van der Waals surface area contributed by atoms with Crippen molar-refractivity contribution in [1.82, 2.24) is 4.37 Å². The van der Waals surface area contributed by atoms with E-state index >= 15 is 0 Å². The van der Waals surface area contributed by atoms with Gasteiger partial charge in [0.15, 0.2) is 0 Å². The molecule has 82 valence electrons. The lowest BCUT2D eigenvalue weighted by molar-refractivity contribution is 1.13. The van der Waals surface area contributed by atoms with Crippen LogP contribution in [0.3, 0.4) is 0 Å². The molecule has 0 aliphatic heterocycles. The lowest BCUT2D eigenvalue weighted by Gasteiger charge is -2.12. The summed E-state index contributed by atoms with van der Waals surface area (Å²) in [5, 5.41) is 1.97. The highest BCUT2D eigenvalue weighted by atomic mass is 32.1. The Hall–Kier alpha value is -1.61. The summed E-state index contributed by atoms with van der Waals surface area (Å²) < 4.78 is 4.28. The first-order chi connectivity index (χ1) is 7.68. The number of nitrogens with zero attached hydrogens (tertiary/aromatic N) is 2. The van der Waals surface area contributed by atoms with E-state index in [-0.39, 0.29) is 0 Å². The second kappa shape index (κ2) is 4.49. The normalized spacial score (nSPS) is 10.1. The molecule has 0 spiro atoms. The van der Waals surface area contributed by atoms with Crippen molar-refractivity contribution in [3.05, 3.63) is 53.5 Å². The van der Waals surface area contributed by atoms with Gasteiger partial charge < -0.3 is 4.90 Å². The van der Waals surface area contributed by atoms with Crippen molar-refractivity contribution in [2.75, 3.05) is 19.0 Å². The summed E-state index contributed by atoms with van der Waals surface area (Å²) in [7, 11) is 4.06. The van der Waals surface area contributed by atoms with Crippen LogP contribution in [0.4, 0.5) is 5.69 Å². The average molecular weight is 230 g/mol. The van der Waals surface area contributed by atoms with E-state index in [1.54, 1.807) is 0 Å². The molecule has 0 aliphatic carbocycles.